The number of halogens is 3. The zero-order valence-electron chi connectivity index (χ0n) is 11.1. The summed E-state index contributed by atoms with van der Waals surface area (Å²) >= 11 is 0. The van der Waals surface area contributed by atoms with E-state index in [0.29, 0.717) is 18.6 Å². The Bertz CT molecular complexity index is 228. The van der Waals surface area contributed by atoms with Crippen LogP contribution in [0.1, 0.15) is 32.6 Å². The molecule has 18 heavy (non-hydrogen) atoms. The molecule has 0 amide bonds. The predicted octanol–water partition coefficient (Wildman–Crippen LogP) is 2.38. The van der Waals surface area contributed by atoms with Crippen LogP contribution in [-0.4, -0.2) is 50.1 Å². The first-order valence-corrected chi connectivity index (χ1v) is 6.56. The molecular formula is C12H23F3N2O. The summed E-state index contributed by atoms with van der Waals surface area (Å²) in [4.78, 5) is 1.98. The molecule has 0 aromatic rings. The van der Waals surface area contributed by atoms with E-state index in [4.69, 9.17) is 0 Å². The molecule has 0 aliphatic heterocycles. The number of hydrogen-bond acceptors (Lipinski definition) is 3. The van der Waals surface area contributed by atoms with E-state index in [-0.39, 0.29) is 6.61 Å². The largest absolute Gasteiger partial charge is 0.522 e. The molecule has 1 N–H and O–H groups in total. The number of alkyl halides is 3. The van der Waals surface area contributed by atoms with Gasteiger partial charge in [-0.1, -0.05) is 6.92 Å². The molecule has 1 aliphatic carbocycles. The molecule has 0 aromatic heterocycles. The van der Waals surface area contributed by atoms with Gasteiger partial charge in [0.25, 0.3) is 0 Å². The summed E-state index contributed by atoms with van der Waals surface area (Å²) in [7, 11) is 1.87. The summed E-state index contributed by atoms with van der Waals surface area (Å²) in [5, 5.41) is 3.42. The van der Waals surface area contributed by atoms with Crippen LogP contribution < -0.4 is 5.32 Å². The van der Waals surface area contributed by atoms with Crippen LogP contribution in [0.4, 0.5) is 13.2 Å². The van der Waals surface area contributed by atoms with Gasteiger partial charge in [-0.05, 0) is 39.3 Å². The quantitative estimate of drug-likeness (QED) is 0.800. The minimum atomic E-state index is -4.51. The molecule has 1 rings (SSSR count). The number of nitrogens with zero attached hydrogens (tertiary/aromatic N) is 1. The average Bonchev–Trinajstić information content (AvgIpc) is 2.28. The zero-order chi connectivity index (χ0) is 13.6. The maximum Gasteiger partial charge on any atom is 0.522 e. The second-order valence-electron chi connectivity index (χ2n) is 4.84. The summed E-state index contributed by atoms with van der Waals surface area (Å²) < 4.78 is 39.3. The van der Waals surface area contributed by atoms with Gasteiger partial charge in [0.2, 0.25) is 0 Å². The molecule has 1 fully saturated rings. The molecule has 1 saturated carbocycles. The van der Waals surface area contributed by atoms with Gasteiger partial charge in [0.05, 0.1) is 6.61 Å². The van der Waals surface area contributed by atoms with Crippen molar-refractivity contribution in [3.8, 4) is 0 Å². The van der Waals surface area contributed by atoms with Crippen LogP contribution in [0, 0.1) is 0 Å². The molecule has 0 atom stereocenters. The third-order valence-corrected chi connectivity index (χ3v) is 3.52. The van der Waals surface area contributed by atoms with Crippen LogP contribution in [0.3, 0.4) is 0 Å². The van der Waals surface area contributed by atoms with Crippen molar-refractivity contribution in [3.05, 3.63) is 0 Å². The Morgan fingerprint density at radius 1 is 1.22 bits per heavy atom. The fourth-order valence-electron chi connectivity index (χ4n) is 2.50. The second-order valence-corrected chi connectivity index (χ2v) is 4.84. The Kier molecular flexibility index (Phi) is 6.38. The van der Waals surface area contributed by atoms with Crippen molar-refractivity contribution in [2.24, 2.45) is 0 Å². The number of ether oxygens (including phenoxy) is 1. The molecule has 0 aromatic carbocycles. The lowest BCUT2D eigenvalue weighted by Gasteiger charge is -2.34. The lowest BCUT2D eigenvalue weighted by atomic mass is 9.90. The van der Waals surface area contributed by atoms with Crippen molar-refractivity contribution in [1.29, 1.82) is 0 Å². The lowest BCUT2D eigenvalue weighted by molar-refractivity contribution is -0.325. The summed E-state index contributed by atoms with van der Waals surface area (Å²) in [6.07, 6.45) is -0.226. The van der Waals surface area contributed by atoms with Gasteiger partial charge in [-0.3, -0.25) is 4.74 Å². The minimum Gasteiger partial charge on any atom is -0.314 e. The predicted molar refractivity (Wildman–Crippen MR) is 64.4 cm³/mol. The van der Waals surface area contributed by atoms with Crippen LogP contribution in [0.2, 0.25) is 0 Å². The SMILES string of the molecule is CCNC1CCC(N(C)CCOC(F)(F)F)CC1. The normalized spacial score (nSPS) is 25.7. The van der Waals surface area contributed by atoms with Crippen LogP contribution in [0.15, 0.2) is 0 Å². The number of nitrogens with one attached hydrogen (secondary N) is 1. The van der Waals surface area contributed by atoms with E-state index in [0.717, 1.165) is 32.2 Å². The van der Waals surface area contributed by atoms with Gasteiger partial charge in [0, 0.05) is 18.6 Å². The molecular weight excluding hydrogens is 245 g/mol. The maximum atomic E-state index is 11.8. The van der Waals surface area contributed by atoms with E-state index in [2.05, 4.69) is 17.0 Å². The molecule has 0 unspecified atom stereocenters. The first kappa shape index (κ1) is 15.7. The fraction of sp³-hybridized carbons (Fsp3) is 1.00. The Hall–Kier alpha value is -0.330. The molecule has 1 aliphatic rings. The van der Waals surface area contributed by atoms with Crippen molar-refractivity contribution in [2.75, 3.05) is 26.7 Å². The van der Waals surface area contributed by atoms with Crippen molar-refractivity contribution >= 4 is 0 Å². The van der Waals surface area contributed by atoms with Gasteiger partial charge >= 0.3 is 6.36 Å². The van der Waals surface area contributed by atoms with Gasteiger partial charge in [0.1, 0.15) is 0 Å². The number of likely N-dealkylation sites (N-methyl/N-ethyl adjacent to an activating group) is 1. The average molecular weight is 268 g/mol. The molecule has 0 heterocycles. The first-order chi connectivity index (χ1) is 8.42. The molecule has 108 valence electrons. The Morgan fingerprint density at radius 3 is 2.33 bits per heavy atom. The molecule has 0 spiro atoms. The van der Waals surface area contributed by atoms with Gasteiger partial charge in [-0.15, -0.1) is 13.2 Å². The van der Waals surface area contributed by atoms with Gasteiger partial charge < -0.3 is 10.2 Å². The highest BCUT2D eigenvalue weighted by atomic mass is 19.4. The van der Waals surface area contributed by atoms with E-state index in [1.165, 1.54) is 0 Å². The van der Waals surface area contributed by atoms with Crippen molar-refractivity contribution < 1.29 is 17.9 Å². The summed E-state index contributed by atoms with van der Waals surface area (Å²) in [6.45, 7) is 3.11. The number of hydrogen-bond donors (Lipinski definition) is 1. The van der Waals surface area contributed by atoms with Crippen LogP contribution in [0.5, 0.6) is 0 Å². The summed E-state index contributed by atoms with van der Waals surface area (Å²) in [5.41, 5.74) is 0. The Morgan fingerprint density at radius 2 is 1.83 bits per heavy atom. The van der Waals surface area contributed by atoms with Crippen LogP contribution in [0.25, 0.3) is 0 Å². The minimum absolute atomic E-state index is 0.285. The smallest absolute Gasteiger partial charge is 0.314 e. The van der Waals surface area contributed by atoms with E-state index in [1.54, 1.807) is 0 Å². The van der Waals surface area contributed by atoms with Crippen LogP contribution in [-0.2, 0) is 4.74 Å². The fourth-order valence-corrected chi connectivity index (χ4v) is 2.50. The molecule has 0 bridgehead atoms. The first-order valence-electron chi connectivity index (χ1n) is 6.56. The van der Waals surface area contributed by atoms with Gasteiger partial charge in [-0.2, -0.15) is 0 Å². The van der Waals surface area contributed by atoms with Crippen molar-refractivity contribution in [1.82, 2.24) is 10.2 Å². The maximum absolute atomic E-state index is 11.8. The third-order valence-electron chi connectivity index (χ3n) is 3.52. The standard InChI is InChI=1S/C12H23F3N2O/c1-3-16-10-4-6-11(7-5-10)17(2)8-9-18-12(13,14)15/h10-11,16H,3-9H2,1-2H3. The van der Waals surface area contributed by atoms with Gasteiger partial charge in [0.15, 0.2) is 0 Å². The van der Waals surface area contributed by atoms with E-state index >= 15 is 0 Å². The second kappa shape index (κ2) is 7.31. The number of rotatable bonds is 6. The molecule has 6 heteroatoms. The topological polar surface area (TPSA) is 24.5 Å². The lowest BCUT2D eigenvalue weighted by Crippen LogP contribution is -2.42. The van der Waals surface area contributed by atoms with Gasteiger partial charge in [-0.25, -0.2) is 0 Å². The summed E-state index contributed by atoms with van der Waals surface area (Å²) in [6, 6.07) is 0.961. The van der Waals surface area contributed by atoms with Crippen molar-refractivity contribution in [3.63, 3.8) is 0 Å². The van der Waals surface area contributed by atoms with Crippen LogP contribution >= 0.6 is 0 Å². The van der Waals surface area contributed by atoms with E-state index < -0.39 is 6.36 Å². The van der Waals surface area contributed by atoms with E-state index in [9.17, 15) is 13.2 Å². The zero-order valence-corrected chi connectivity index (χ0v) is 11.1. The Balaban J connectivity index is 2.17. The molecule has 0 saturated heterocycles. The van der Waals surface area contributed by atoms with E-state index in [1.807, 2.05) is 11.9 Å². The monoisotopic (exact) mass is 268 g/mol. The molecule has 0 radical (unpaired) electrons. The Labute approximate surface area is 107 Å². The highest BCUT2D eigenvalue weighted by molar-refractivity contribution is 4.81. The highest BCUT2D eigenvalue weighted by Crippen LogP contribution is 2.22. The molecule has 3 nitrogen and oxygen atoms in total. The highest BCUT2D eigenvalue weighted by Gasteiger charge is 2.29. The third kappa shape index (κ3) is 6.02. The van der Waals surface area contributed by atoms with Crippen molar-refractivity contribution in [2.45, 2.75) is 51.1 Å². The summed E-state index contributed by atoms with van der Waals surface area (Å²) in [5.74, 6) is 0.